The van der Waals surface area contributed by atoms with Gasteiger partial charge in [0.05, 0.1) is 16.3 Å². The number of benzene rings is 2. The van der Waals surface area contributed by atoms with Gasteiger partial charge in [0.25, 0.3) is 5.65 Å². The summed E-state index contributed by atoms with van der Waals surface area (Å²) in [6.07, 6.45) is 3.29. The van der Waals surface area contributed by atoms with Gasteiger partial charge in [0.15, 0.2) is 11.0 Å². The number of nitrogens with zero attached hydrogens (tertiary/aromatic N) is 3. The highest BCUT2D eigenvalue weighted by Crippen LogP contribution is 2.71. The predicted molar refractivity (Wildman–Crippen MR) is 149 cm³/mol. The maximum atomic E-state index is 5.40. The van der Waals surface area contributed by atoms with Gasteiger partial charge in [-0.05, 0) is 70.6 Å². The van der Waals surface area contributed by atoms with Crippen LogP contribution in [0.5, 0.6) is 0 Å². The van der Waals surface area contributed by atoms with Crippen molar-refractivity contribution in [2.24, 2.45) is 0 Å². The van der Waals surface area contributed by atoms with Crippen LogP contribution in [0.2, 0.25) is 0 Å². The molecule has 2 unspecified atom stereocenters. The SMILES string of the molecule is C=C1C2(CC)c3cccc4nc(C(C)(C)C)n5c6cc7c(cc6[n+](c5c34)C12CC)C(C)(C)CC7(C)C. The second kappa shape index (κ2) is 6.06. The van der Waals surface area contributed by atoms with E-state index in [0.29, 0.717) is 0 Å². The lowest BCUT2D eigenvalue weighted by atomic mass is 9.81. The van der Waals surface area contributed by atoms with Gasteiger partial charge < -0.3 is 0 Å². The summed E-state index contributed by atoms with van der Waals surface area (Å²) in [5.74, 6) is 1.14. The summed E-state index contributed by atoms with van der Waals surface area (Å²) >= 11 is 0. The summed E-state index contributed by atoms with van der Waals surface area (Å²) in [5, 5.41) is 1.32. The van der Waals surface area contributed by atoms with Crippen LogP contribution in [-0.2, 0) is 27.2 Å². The second-order valence-electron chi connectivity index (χ2n) is 14.2. The molecule has 7 rings (SSSR count). The first-order chi connectivity index (χ1) is 16.8. The molecule has 36 heavy (non-hydrogen) atoms. The molecule has 186 valence electrons. The Balaban J connectivity index is 1.81. The van der Waals surface area contributed by atoms with Crippen LogP contribution in [0.15, 0.2) is 42.5 Å². The highest BCUT2D eigenvalue weighted by atomic mass is 15.3. The third-order valence-corrected chi connectivity index (χ3v) is 10.3. The van der Waals surface area contributed by atoms with E-state index in [1.165, 1.54) is 50.8 Å². The number of hydrogen-bond donors (Lipinski definition) is 0. The predicted octanol–water partition coefficient (Wildman–Crippen LogP) is 7.52. The van der Waals surface area contributed by atoms with Crippen molar-refractivity contribution in [1.82, 2.24) is 9.38 Å². The topological polar surface area (TPSA) is 21.2 Å². The van der Waals surface area contributed by atoms with E-state index in [4.69, 9.17) is 11.6 Å². The molecule has 2 aromatic carbocycles. The molecule has 3 nitrogen and oxygen atoms in total. The zero-order valence-corrected chi connectivity index (χ0v) is 23.6. The Hall–Kier alpha value is -2.68. The number of fused-ring (bicyclic) bond motifs is 7. The Kier molecular flexibility index (Phi) is 3.79. The lowest BCUT2D eigenvalue weighted by Crippen LogP contribution is -2.53. The van der Waals surface area contributed by atoms with Gasteiger partial charge in [-0.2, -0.15) is 4.40 Å². The summed E-state index contributed by atoms with van der Waals surface area (Å²) in [7, 11) is 0. The highest BCUT2D eigenvalue weighted by molar-refractivity contribution is 6.00. The van der Waals surface area contributed by atoms with Gasteiger partial charge in [-0.15, -0.1) is 0 Å². The van der Waals surface area contributed by atoms with E-state index in [1.807, 2.05) is 0 Å². The Morgan fingerprint density at radius 1 is 0.972 bits per heavy atom. The highest BCUT2D eigenvalue weighted by Gasteiger charge is 2.78. The molecule has 1 aliphatic heterocycles. The van der Waals surface area contributed by atoms with Crippen LogP contribution in [-0.4, -0.2) is 9.38 Å². The number of imidazole rings is 1. The third kappa shape index (κ3) is 2.13. The van der Waals surface area contributed by atoms with Crippen LogP contribution < -0.4 is 4.57 Å². The first-order valence-corrected chi connectivity index (χ1v) is 13.9. The number of hydrogen-bond acceptors (Lipinski definition) is 1. The van der Waals surface area contributed by atoms with Crippen LogP contribution in [0.25, 0.3) is 27.6 Å². The molecule has 0 spiro atoms. The van der Waals surface area contributed by atoms with E-state index < -0.39 is 0 Å². The van der Waals surface area contributed by atoms with Crippen molar-refractivity contribution in [3.05, 3.63) is 65.0 Å². The molecule has 0 bridgehead atoms. The standard InChI is InChI=1S/C33H40N3/c1-11-32-19(3)33(32,12-2)36-25-17-22-21(30(7,8)18-31(22,9)10)16-24(25)35-27(36)26-20(32)14-13-15-23(26)34-28(35)29(4,5)6/h13-17H,3,11-12,18H2,1-2,4-10H3/q+1. The molecule has 3 heteroatoms. The van der Waals surface area contributed by atoms with Crippen molar-refractivity contribution in [2.75, 3.05) is 0 Å². The summed E-state index contributed by atoms with van der Waals surface area (Å²) in [6, 6.07) is 11.9. The van der Waals surface area contributed by atoms with Gasteiger partial charge in [0.2, 0.25) is 5.82 Å². The van der Waals surface area contributed by atoms with Crippen LogP contribution >= 0.6 is 0 Å². The van der Waals surface area contributed by atoms with Crippen molar-refractivity contribution in [1.29, 1.82) is 0 Å². The van der Waals surface area contributed by atoms with Gasteiger partial charge in [0, 0.05) is 5.41 Å². The number of allylic oxidation sites excluding steroid dienone is 1. The number of aromatic nitrogens is 3. The Labute approximate surface area is 215 Å². The minimum absolute atomic E-state index is 0.0214. The molecule has 3 heterocycles. The smallest absolute Gasteiger partial charge is 0.212 e. The van der Waals surface area contributed by atoms with E-state index in [1.54, 1.807) is 0 Å². The molecule has 3 aliphatic rings. The Morgan fingerprint density at radius 3 is 2.25 bits per heavy atom. The van der Waals surface area contributed by atoms with Crippen molar-refractivity contribution in [3.8, 4) is 0 Å². The molecule has 0 radical (unpaired) electrons. The second-order valence-corrected chi connectivity index (χ2v) is 14.2. The molecule has 1 fully saturated rings. The van der Waals surface area contributed by atoms with Crippen molar-refractivity contribution >= 4 is 27.6 Å². The maximum Gasteiger partial charge on any atom is 0.299 e. The molecule has 2 aliphatic carbocycles. The fourth-order valence-electron chi connectivity index (χ4n) is 9.05. The third-order valence-electron chi connectivity index (χ3n) is 10.3. The van der Waals surface area contributed by atoms with Crippen molar-refractivity contribution in [2.45, 2.75) is 109 Å². The van der Waals surface area contributed by atoms with E-state index in [0.717, 1.165) is 24.2 Å². The first-order valence-electron chi connectivity index (χ1n) is 13.9. The van der Waals surface area contributed by atoms with Crippen LogP contribution in [0.4, 0.5) is 0 Å². The summed E-state index contributed by atoms with van der Waals surface area (Å²) in [5.41, 5.74) is 11.0. The van der Waals surface area contributed by atoms with E-state index in [2.05, 4.69) is 102 Å². The summed E-state index contributed by atoms with van der Waals surface area (Å²) in [4.78, 5) is 5.40. The monoisotopic (exact) mass is 478 g/mol. The summed E-state index contributed by atoms with van der Waals surface area (Å²) < 4.78 is 5.26. The fraction of sp³-hybridized carbons (Fsp3) is 0.515. The molecule has 2 aromatic heterocycles. The maximum absolute atomic E-state index is 5.40. The van der Waals surface area contributed by atoms with Crippen LogP contribution in [0.3, 0.4) is 0 Å². The average Bonchev–Trinajstić information content (AvgIpc) is 3.08. The Bertz CT molecular complexity index is 1690. The van der Waals surface area contributed by atoms with E-state index >= 15 is 0 Å². The molecule has 2 atom stereocenters. The number of rotatable bonds is 2. The zero-order chi connectivity index (χ0) is 25.8. The largest absolute Gasteiger partial charge is 0.299 e. The fourth-order valence-corrected chi connectivity index (χ4v) is 9.05. The minimum Gasteiger partial charge on any atom is -0.212 e. The average molecular weight is 479 g/mol. The van der Waals surface area contributed by atoms with Crippen molar-refractivity contribution < 1.29 is 4.57 Å². The zero-order valence-electron chi connectivity index (χ0n) is 23.6. The van der Waals surface area contributed by atoms with E-state index in [9.17, 15) is 0 Å². The first kappa shape index (κ1) is 22.5. The lowest BCUT2D eigenvalue weighted by Gasteiger charge is -2.27. The molecule has 0 saturated heterocycles. The van der Waals surface area contributed by atoms with Crippen molar-refractivity contribution in [3.63, 3.8) is 0 Å². The van der Waals surface area contributed by atoms with Crippen LogP contribution in [0.1, 0.15) is 104 Å². The lowest BCUT2D eigenvalue weighted by molar-refractivity contribution is -0.693. The van der Waals surface area contributed by atoms with Gasteiger partial charge in [0.1, 0.15) is 5.54 Å². The molecular weight excluding hydrogens is 438 g/mol. The van der Waals surface area contributed by atoms with Gasteiger partial charge >= 0.3 is 0 Å². The molecule has 0 N–H and O–H groups in total. The molecular formula is C33H40N3+. The summed E-state index contributed by atoms with van der Waals surface area (Å²) in [6.45, 7) is 26.1. The van der Waals surface area contributed by atoms with E-state index in [-0.39, 0.29) is 27.2 Å². The quantitative estimate of drug-likeness (QED) is 0.216. The minimum atomic E-state index is -0.0962. The normalized spacial score (nSPS) is 27.3. The van der Waals surface area contributed by atoms with Crippen LogP contribution in [0, 0.1) is 0 Å². The van der Waals surface area contributed by atoms with Gasteiger partial charge in [-0.1, -0.05) is 81.0 Å². The van der Waals surface area contributed by atoms with Gasteiger partial charge in [-0.3, -0.25) is 0 Å². The Morgan fingerprint density at radius 2 is 1.64 bits per heavy atom. The molecule has 1 saturated carbocycles. The molecule has 4 aromatic rings. The molecule has 0 amide bonds. The van der Waals surface area contributed by atoms with Gasteiger partial charge in [-0.25, -0.2) is 9.55 Å².